The minimum absolute atomic E-state index is 0.213. The Hall–Kier alpha value is -1.88. The van der Waals surface area contributed by atoms with Crippen LogP contribution in [0.4, 0.5) is 10.2 Å². The van der Waals surface area contributed by atoms with Crippen molar-refractivity contribution in [3.8, 4) is 0 Å². The van der Waals surface area contributed by atoms with E-state index in [0.717, 1.165) is 5.56 Å². The van der Waals surface area contributed by atoms with E-state index in [-0.39, 0.29) is 5.56 Å². The van der Waals surface area contributed by atoms with Crippen LogP contribution in [0.25, 0.3) is 0 Å². The maximum absolute atomic E-state index is 13.6. The minimum Gasteiger partial charge on any atom is -0.384 e. The Morgan fingerprint density at radius 1 is 1.41 bits per heavy atom. The minimum atomic E-state index is -1.09. The van der Waals surface area contributed by atoms with Crippen molar-refractivity contribution in [3.63, 3.8) is 0 Å². The number of halogens is 1. The number of aliphatic hydroxyl groups is 1. The quantitative estimate of drug-likeness (QED) is 0.829. The fourth-order valence-corrected chi connectivity index (χ4v) is 1.71. The van der Waals surface area contributed by atoms with Crippen LogP contribution in [0, 0.1) is 12.7 Å². The highest BCUT2D eigenvalue weighted by molar-refractivity contribution is 5.45. The fraction of sp³-hybridized carbons (Fsp3) is 0.250. The van der Waals surface area contributed by atoms with Crippen LogP contribution >= 0.6 is 0 Å². The van der Waals surface area contributed by atoms with Crippen LogP contribution in [0.3, 0.4) is 0 Å². The zero-order valence-corrected chi connectivity index (χ0v) is 9.68. The maximum atomic E-state index is 13.6. The second-order valence-electron chi connectivity index (χ2n) is 4.04. The summed E-state index contributed by atoms with van der Waals surface area (Å²) in [6, 6.07) is 4.59. The van der Waals surface area contributed by atoms with E-state index in [9.17, 15) is 9.50 Å². The number of nitrogens with two attached hydrogens (primary N) is 1. The van der Waals surface area contributed by atoms with Crippen LogP contribution in [-0.2, 0) is 7.05 Å². The zero-order valence-electron chi connectivity index (χ0n) is 9.68. The van der Waals surface area contributed by atoms with Crippen molar-refractivity contribution < 1.29 is 9.50 Å². The van der Waals surface area contributed by atoms with Gasteiger partial charge in [-0.2, -0.15) is 5.10 Å². The molecule has 0 amide bonds. The van der Waals surface area contributed by atoms with Crippen molar-refractivity contribution in [3.05, 3.63) is 46.9 Å². The van der Waals surface area contributed by atoms with Gasteiger partial charge in [-0.1, -0.05) is 17.7 Å². The molecular formula is C12H14FN3O. The van der Waals surface area contributed by atoms with Gasteiger partial charge in [0.05, 0.1) is 6.20 Å². The molecule has 0 fully saturated rings. The lowest BCUT2D eigenvalue weighted by molar-refractivity contribution is 0.215. The third kappa shape index (κ3) is 2.01. The van der Waals surface area contributed by atoms with Gasteiger partial charge in [0.1, 0.15) is 17.7 Å². The van der Waals surface area contributed by atoms with Crippen LogP contribution in [0.15, 0.2) is 24.4 Å². The molecule has 2 rings (SSSR count). The normalized spacial score (nSPS) is 12.7. The molecule has 0 saturated heterocycles. The van der Waals surface area contributed by atoms with Gasteiger partial charge in [-0.3, -0.25) is 4.68 Å². The summed E-state index contributed by atoms with van der Waals surface area (Å²) < 4.78 is 15.1. The molecule has 1 aromatic heterocycles. The van der Waals surface area contributed by atoms with Gasteiger partial charge < -0.3 is 10.8 Å². The number of aliphatic hydroxyl groups excluding tert-OH is 1. The van der Waals surface area contributed by atoms with Gasteiger partial charge >= 0.3 is 0 Å². The van der Waals surface area contributed by atoms with Crippen molar-refractivity contribution >= 4 is 5.82 Å². The third-order valence-electron chi connectivity index (χ3n) is 2.76. The first kappa shape index (κ1) is 11.6. The summed E-state index contributed by atoms with van der Waals surface area (Å²) in [6.07, 6.45) is 0.352. The van der Waals surface area contributed by atoms with Gasteiger partial charge in [-0.25, -0.2) is 4.39 Å². The van der Waals surface area contributed by atoms with E-state index >= 15 is 0 Å². The van der Waals surface area contributed by atoms with Crippen molar-refractivity contribution in [1.29, 1.82) is 0 Å². The Bertz CT molecular complexity index is 551. The number of aromatic nitrogens is 2. The monoisotopic (exact) mass is 235 g/mol. The molecule has 0 aliphatic carbocycles. The molecule has 4 nitrogen and oxygen atoms in total. The number of nitrogens with zero attached hydrogens (tertiary/aromatic N) is 2. The van der Waals surface area contributed by atoms with E-state index < -0.39 is 11.9 Å². The Morgan fingerprint density at radius 3 is 2.71 bits per heavy atom. The van der Waals surface area contributed by atoms with Crippen LogP contribution < -0.4 is 5.73 Å². The molecule has 0 bridgehead atoms. The van der Waals surface area contributed by atoms with Crippen LogP contribution in [-0.4, -0.2) is 14.9 Å². The smallest absolute Gasteiger partial charge is 0.129 e. The first-order valence-electron chi connectivity index (χ1n) is 5.22. The molecule has 2 aromatic rings. The molecule has 1 atom stereocenters. The number of anilines is 1. The Kier molecular flexibility index (Phi) is 2.85. The Morgan fingerprint density at radius 2 is 2.12 bits per heavy atom. The molecule has 90 valence electrons. The topological polar surface area (TPSA) is 64.1 Å². The molecule has 5 heteroatoms. The highest BCUT2D eigenvalue weighted by Crippen LogP contribution is 2.28. The predicted molar refractivity (Wildman–Crippen MR) is 62.8 cm³/mol. The molecule has 0 spiro atoms. The van der Waals surface area contributed by atoms with E-state index in [1.54, 1.807) is 19.2 Å². The Labute approximate surface area is 98.5 Å². The highest BCUT2D eigenvalue weighted by atomic mass is 19.1. The summed E-state index contributed by atoms with van der Waals surface area (Å²) in [5, 5.41) is 14.0. The third-order valence-corrected chi connectivity index (χ3v) is 2.76. The Balaban J connectivity index is 2.47. The largest absolute Gasteiger partial charge is 0.384 e. The van der Waals surface area contributed by atoms with Gasteiger partial charge in [-0.15, -0.1) is 0 Å². The van der Waals surface area contributed by atoms with Crippen molar-refractivity contribution in [2.24, 2.45) is 7.05 Å². The summed E-state index contributed by atoms with van der Waals surface area (Å²) in [6.45, 7) is 1.84. The number of benzene rings is 1. The number of aryl methyl sites for hydroxylation is 2. The van der Waals surface area contributed by atoms with Gasteiger partial charge in [0.2, 0.25) is 0 Å². The summed E-state index contributed by atoms with van der Waals surface area (Å²) in [4.78, 5) is 0. The molecule has 1 unspecified atom stereocenters. The average molecular weight is 235 g/mol. The maximum Gasteiger partial charge on any atom is 0.129 e. The number of rotatable bonds is 2. The van der Waals surface area contributed by atoms with Gasteiger partial charge in [-0.05, 0) is 13.0 Å². The van der Waals surface area contributed by atoms with E-state index in [1.165, 1.54) is 16.9 Å². The molecule has 17 heavy (non-hydrogen) atoms. The number of nitrogen functional groups attached to an aromatic ring is 1. The summed E-state index contributed by atoms with van der Waals surface area (Å²) >= 11 is 0. The van der Waals surface area contributed by atoms with Crippen molar-refractivity contribution in [2.75, 3.05) is 5.73 Å². The van der Waals surface area contributed by atoms with Gasteiger partial charge in [0.25, 0.3) is 0 Å². The van der Waals surface area contributed by atoms with Crippen LogP contribution in [0.5, 0.6) is 0 Å². The molecule has 0 saturated carbocycles. The van der Waals surface area contributed by atoms with Crippen LogP contribution in [0.2, 0.25) is 0 Å². The van der Waals surface area contributed by atoms with E-state index in [0.29, 0.717) is 11.4 Å². The summed E-state index contributed by atoms with van der Waals surface area (Å²) in [5.41, 5.74) is 7.25. The molecule has 0 aliphatic rings. The molecule has 3 N–H and O–H groups in total. The lowest BCUT2D eigenvalue weighted by Crippen LogP contribution is -2.06. The molecule has 1 aromatic carbocycles. The predicted octanol–water partition coefficient (Wildman–Crippen LogP) is 1.53. The standard InChI is InChI=1S/C12H14FN3O/c1-7-3-4-10(13)8(5-7)11(17)9-6-15-16(2)12(9)14/h3-6,11,17H,14H2,1-2H3. The van der Waals surface area contributed by atoms with Crippen molar-refractivity contribution in [2.45, 2.75) is 13.0 Å². The second-order valence-corrected chi connectivity index (χ2v) is 4.04. The van der Waals surface area contributed by atoms with E-state index in [1.807, 2.05) is 6.92 Å². The number of hydrogen-bond acceptors (Lipinski definition) is 3. The van der Waals surface area contributed by atoms with Gasteiger partial charge in [0.15, 0.2) is 0 Å². The van der Waals surface area contributed by atoms with E-state index in [2.05, 4.69) is 5.10 Å². The van der Waals surface area contributed by atoms with Crippen molar-refractivity contribution in [1.82, 2.24) is 9.78 Å². The molecular weight excluding hydrogens is 221 g/mol. The highest BCUT2D eigenvalue weighted by Gasteiger charge is 2.19. The van der Waals surface area contributed by atoms with Gasteiger partial charge in [0, 0.05) is 18.2 Å². The average Bonchev–Trinajstić information content (AvgIpc) is 2.62. The molecule has 0 aliphatic heterocycles. The molecule has 1 heterocycles. The lowest BCUT2D eigenvalue weighted by Gasteiger charge is -2.12. The van der Waals surface area contributed by atoms with E-state index in [4.69, 9.17) is 5.73 Å². The lowest BCUT2D eigenvalue weighted by atomic mass is 10.0. The fourth-order valence-electron chi connectivity index (χ4n) is 1.71. The number of hydrogen-bond donors (Lipinski definition) is 2. The molecule has 0 radical (unpaired) electrons. The first-order chi connectivity index (χ1) is 8.00. The van der Waals surface area contributed by atoms with Crippen LogP contribution in [0.1, 0.15) is 22.8 Å². The SMILES string of the molecule is Cc1ccc(F)c(C(O)c2cnn(C)c2N)c1. The zero-order chi connectivity index (χ0) is 12.6. The second kappa shape index (κ2) is 4.18. The first-order valence-corrected chi connectivity index (χ1v) is 5.22. The summed E-state index contributed by atoms with van der Waals surface area (Å²) in [7, 11) is 1.66. The summed E-state index contributed by atoms with van der Waals surface area (Å²) in [5.74, 6) is -0.121.